The lowest BCUT2D eigenvalue weighted by Gasteiger charge is -2.50. The normalized spacial score (nSPS) is 16.4. The number of fused-ring (bicyclic) bond motifs is 2. The van der Waals surface area contributed by atoms with Crippen LogP contribution in [0.4, 0.5) is 9.59 Å². The van der Waals surface area contributed by atoms with Crippen LogP contribution < -0.4 is 23.7 Å². The number of hydrogen-bond acceptors (Lipinski definition) is 16. The molecule has 0 spiro atoms. The van der Waals surface area contributed by atoms with Crippen LogP contribution in [0.3, 0.4) is 0 Å². The number of halogens is 2. The summed E-state index contributed by atoms with van der Waals surface area (Å²) in [5, 5.41) is 36.5. The third kappa shape index (κ3) is 13.8. The van der Waals surface area contributed by atoms with E-state index in [1.165, 1.54) is 21.9 Å². The maximum atomic E-state index is 15.7. The van der Waals surface area contributed by atoms with E-state index in [1.807, 2.05) is 61.2 Å². The van der Waals surface area contributed by atoms with E-state index < -0.39 is 35.0 Å². The molecule has 19 nitrogen and oxygen atoms in total. The SMILES string of the molecule is COc1ccc(CN(C(=O)C2=C(c3ccc(OCCCCOc4c(Cl)cc(C)cc4Cl)cc3)CC3CN(C(=O)Oc4cccc(CON(O)O)c4)CC2N3C(=O)Oc2cccc(CON(O)O)c2)C2CC2)cc1C. The molecule has 5 aromatic carbocycles. The molecule has 1 aliphatic carbocycles. The molecule has 2 atom stereocenters. The fourth-order valence-electron chi connectivity index (χ4n) is 9.15. The number of hydrogen-bond donors (Lipinski definition) is 4. The van der Waals surface area contributed by atoms with Crippen LogP contribution >= 0.6 is 23.2 Å². The van der Waals surface area contributed by atoms with Gasteiger partial charge in [-0.25, -0.2) is 19.3 Å². The van der Waals surface area contributed by atoms with E-state index in [0.717, 1.165) is 35.1 Å². The standard InChI is InChI=1S/C53H57Cl2N5O14/c1-33-22-45(54)50(46(55)23-33)70-21-5-4-20-69-41-17-13-38(14-18-41)44-27-40-29-56(52(62)73-42-10-6-8-36(25-42)31-71-59(64)65)30-47(58(40)53(63)74-43-11-7-9-37(26-43)32-72-60(66)67)49(44)51(61)57(39-15-16-39)28-35-12-19-48(68-3)34(2)24-35/h6-14,17-19,22-26,39-40,47,64-67H,4-5,15-16,20-21,27-32H2,1-3H3. The lowest BCUT2D eigenvalue weighted by molar-refractivity contribution is -0.497. The molecule has 8 rings (SSSR count). The van der Waals surface area contributed by atoms with Crippen LogP contribution in [0.25, 0.3) is 5.57 Å². The molecule has 3 amide bonds. The summed E-state index contributed by atoms with van der Waals surface area (Å²) in [4.78, 5) is 59.0. The van der Waals surface area contributed by atoms with Gasteiger partial charge in [0.2, 0.25) is 0 Å². The molecule has 0 aromatic heterocycles. The van der Waals surface area contributed by atoms with Crippen molar-refractivity contribution >= 4 is 46.9 Å². The van der Waals surface area contributed by atoms with Gasteiger partial charge in [0.1, 0.15) is 23.0 Å². The third-order valence-electron chi connectivity index (χ3n) is 12.7. The minimum Gasteiger partial charge on any atom is -0.496 e. The molecule has 2 aliphatic heterocycles. The van der Waals surface area contributed by atoms with Crippen molar-refractivity contribution in [1.82, 2.24) is 25.5 Å². The van der Waals surface area contributed by atoms with Crippen LogP contribution in [0.15, 0.2) is 109 Å². The Bertz CT molecular complexity index is 2810. The fourth-order valence-corrected chi connectivity index (χ4v) is 9.85. The number of carbonyl (C=O) groups is 3. The van der Waals surface area contributed by atoms with Gasteiger partial charge < -0.3 is 33.5 Å². The molecule has 2 fully saturated rings. The maximum Gasteiger partial charge on any atom is 0.416 e. The number of amides is 3. The zero-order chi connectivity index (χ0) is 52.5. The first-order chi connectivity index (χ1) is 35.6. The average molecular weight is 1060 g/mol. The number of ether oxygens (including phenoxy) is 5. The van der Waals surface area contributed by atoms with E-state index in [1.54, 1.807) is 55.6 Å². The quantitative estimate of drug-likeness (QED) is 0.0398. The van der Waals surface area contributed by atoms with E-state index in [2.05, 4.69) is 0 Å². The van der Waals surface area contributed by atoms with E-state index in [4.69, 9.17) is 77.4 Å². The van der Waals surface area contributed by atoms with Gasteiger partial charge in [-0.3, -0.25) is 30.5 Å². The van der Waals surface area contributed by atoms with E-state index in [0.29, 0.717) is 75.6 Å². The number of unbranched alkanes of at least 4 members (excludes halogenated alkanes) is 1. The summed E-state index contributed by atoms with van der Waals surface area (Å²) in [5.74, 6) is 1.73. The Labute approximate surface area is 437 Å². The van der Waals surface area contributed by atoms with Crippen LogP contribution in [0.2, 0.25) is 10.0 Å². The van der Waals surface area contributed by atoms with Crippen LogP contribution in [-0.4, -0.2) is 116 Å². The molecule has 2 unspecified atom stereocenters. The second kappa shape index (κ2) is 24.7. The van der Waals surface area contributed by atoms with Gasteiger partial charge in [-0.1, -0.05) is 71.7 Å². The average Bonchev–Trinajstić information content (AvgIpc) is 4.22. The van der Waals surface area contributed by atoms with Gasteiger partial charge in [-0.05, 0) is 140 Å². The highest BCUT2D eigenvalue weighted by molar-refractivity contribution is 6.37. The van der Waals surface area contributed by atoms with Crippen molar-refractivity contribution in [2.45, 2.75) is 83.8 Å². The first-order valence-corrected chi connectivity index (χ1v) is 24.6. The number of piperazine rings is 1. The van der Waals surface area contributed by atoms with Gasteiger partial charge in [0.15, 0.2) is 5.75 Å². The van der Waals surface area contributed by atoms with Crippen LogP contribution in [-0.2, 0) is 34.2 Å². The van der Waals surface area contributed by atoms with Gasteiger partial charge >= 0.3 is 12.2 Å². The van der Waals surface area contributed by atoms with Crippen molar-refractivity contribution in [3.63, 3.8) is 0 Å². The highest BCUT2D eigenvalue weighted by Gasteiger charge is 2.50. The topological polar surface area (TPSA) is 213 Å². The van der Waals surface area contributed by atoms with Crippen molar-refractivity contribution < 1.29 is 68.6 Å². The zero-order valence-electron chi connectivity index (χ0n) is 40.9. The summed E-state index contributed by atoms with van der Waals surface area (Å²) in [7, 11) is 1.60. The largest absolute Gasteiger partial charge is 0.496 e. The number of carbonyl (C=O) groups excluding carboxylic acids is 3. The summed E-state index contributed by atoms with van der Waals surface area (Å²) in [5.41, 5.74) is 5.38. The molecule has 74 heavy (non-hydrogen) atoms. The van der Waals surface area contributed by atoms with Crippen molar-refractivity contribution in [2.75, 3.05) is 33.4 Å². The van der Waals surface area contributed by atoms with Crippen molar-refractivity contribution in [1.29, 1.82) is 0 Å². The predicted molar refractivity (Wildman–Crippen MR) is 267 cm³/mol. The van der Waals surface area contributed by atoms with Gasteiger partial charge in [0, 0.05) is 31.2 Å². The van der Waals surface area contributed by atoms with Gasteiger partial charge in [0.05, 0.1) is 66.4 Å². The lowest BCUT2D eigenvalue weighted by Crippen LogP contribution is -2.66. The second-order valence-corrected chi connectivity index (χ2v) is 18.9. The number of benzene rings is 5. The van der Waals surface area contributed by atoms with Crippen molar-refractivity contribution in [3.8, 4) is 28.7 Å². The Kier molecular flexibility index (Phi) is 18.0. The number of rotatable bonds is 21. The Morgan fingerprint density at radius 1 is 0.689 bits per heavy atom. The van der Waals surface area contributed by atoms with Crippen molar-refractivity contribution in [2.24, 2.45) is 0 Å². The first kappa shape index (κ1) is 53.8. The Morgan fingerprint density at radius 3 is 1.88 bits per heavy atom. The fraction of sp³-hybridized carbons (Fsp3) is 0.340. The van der Waals surface area contributed by atoms with Gasteiger partial charge in [0.25, 0.3) is 5.91 Å². The molecule has 1 saturated heterocycles. The van der Waals surface area contributed by atoms with Crippen LogP contribution in [0, 0.1) is 13.8 Å². The van der Waals surface area contributed by atoms with Crippen LogP contribution in [0.1, 0.15) is 65.5 Å². The minimum absolute atomic E-state index is 0.0103. The number of aryl methyl sites for hydroxylation is 2. The van der Waals surface area contributed by atoms with E-state index in [-0.39, 0.29) is 62.7 Å². The molecule has 4 N–H and O–H groups in total. The molecule has 0 radical (unpaired) electrons. The summed E-state index contributed by atoms with van der Waals surface area (Å²) in [6, 6.07) is 27.6. The summed E-state index contributed by atoms with van der Waals surface area (Å²) in [6.45, 7) is 4.23. The predicted octanol–water partition coefficient (Wildman–Crippen LogP) is 9.98. The zero-order valence-corrected chi connectivity index (χ0v) is 42.4. The number of nitrogens with zero attached hydrogens (tertiary/aromatic N) is 5. The Balaban J connectivity index is 1.10. The maximum absolute atomic E-state index is 15.7. The lowest BCUT2D eigenvalue weighted by atomic mass is 9.81. The minimum atomic E-state index is -1.05. The summed E-state index contributed by atoms with van der Waals surface area (Å²) >= 11 is 12.7. The molecular weight excluding hydrogens is 1000 g/mol. The monoisotopic (exact) mass is 1060 g/mol. The number of methoxy groups -OCH3 is 1. The highest BCUT2D eigenvalue weighted by atomic mass is 35.5. The molecule has 2 heterocycles. The molecule has 3 aliphatic rings. The summed E-state index contributed by atoms with van der Waals surface area (Å²) in [6.07, 6.45) is 1.52. The van der Waals surface area contributed by atoms with Gasteiger partial charge in [-0.15, -0.1) is 0 Å². The van der Waals surface area contributed by atoms with Crippen molar-refractivity contribution in [3.05, 3.63) is 152 Å². The summed E-state index contributed by atoms with van der Waals surface area (Å²) < 4.78 is 29.5. The molecule has 5 aromatic rings. The Hall–Kier alpha value is -6.49. The highest BCUT2D eigenvalue weighted by Crippen LogP contribution is 2.43. The third-order valence-corrected chi connectivity index (χ3v) is 13.3. The first-order valence-electron chi connectivity index (χ1n) is 23.9. The Morgan fingerprint density at radius 2 is 1.30 bits per heavy atom. The molecular formula is C53H57Cl2N5O14. The van der Waals surface area contributed by atoms with Gasteiger partial charge in [-0.2, -0.15) is 0 Å². The molecule has 21 heteroatoms. The smallest absolute Gasteiger partial charge is 0.416 e. The second-order valence-electron chi connectivity index (χ2n) is 18.1. The molecule has 392 valence electrons. The van der Waals surface area contributed by atoms with E-state index >= 15 is 4.79 Å². The van der Waals surface area contributed by atoms with E-state index in [9.17, 15) is 9.59 Å². The van der Waals surface area contributed by atoms with Crippen LogP contribution in [0.5, 0.6) is 28.7 Å². The molecule has 1 saturated carbocycles. The molecule has 2 bridgehead atoms.